The maximum Gasteiger partial charge on any atom is 0.373 e. The zero-order valence-electron chi connectivity index (χ0n) is 10.7. The second-order valence-electron chi connectivity index (χ2n) is 4.25. The third-order valence-electron chi connectivity index (χ3n) is 3.01. The van der Waals surface area contributed by atoms with E-state index in [1.807, 2.05) is 24.3 Å². The van der Waals surface area contributed by atoms with E-state index in [4.69, 9.17) is 4.42 Å². The number of hydrogen-bond acceptors (Lipinski definition) is 4. The Morgan fingerprint density at radius 1 is 1.25 bits per heavy atom. The van der Waals surface area contributed by atoms with Crippen LogP contribution < -0.4 is 5.32 Å². The van der Waals surface area contributed by atoms with Gasteiger partial charge in [0.15, 0.2) is 0 Å². The van der Waals surface area contributed by atoms with Gasteiger partial charge in [0, 0.05) is 11.3 Å². The zero-order chi connectivity index (χ0) is 14.1. The minimum absolute atomic E-state index is 0.103. The Hall–Kier alpha value is -2.82. The highest BCUT2D eigenvalue weighted by molar-refractivity contribution is 6.34. The van der Waals surface area contributed by atoms with Gasteiger partial charge in [0.25, 0.3) is 5.91 Å². The number of nitrogens with one attached hydrogen (secondary N) is 1. The number of para-hydroxylation sites is 1. The molecule has 2 heterocycles. The summed E-state index contributed by atoms with van der Waals surface area (Å²) < 4.78 is 9.89. The molecular weight excluding hydrogens is 258 g/mol. The van der Waals surface area contributed by atoms with Gasteiger partial charge >= 0.3 is 5.97 Å². The van der Waals surface area contributed by atoms with Gasteiger partial charge in [-0.15, -0.1) is 0 Å². The van der Waals surface area contributed by atoms with Gasteiger partial charge < -0.3 is 14.5 Å². The van der Waals surface area contributed by atoms with Gasteiger partial charge in [-0.1, -0.05) is 18.2 Å². The molecule has 0 saturated carbocycles. The SMILES string of the molecule is COC(=O)c1ccc(/C=C2\C(=O)Nc3ccccc32)o1. The molecular formula is C15H11NO4. The maximum absolute atomic E-state index is 11.9. The van der Waals surface area contributed by atoms with Crippen molar-refractivity contribution in [2.75, 3.05) is 12.4 Å². The van der Waals surface area contributed by atoms with E-state index in [0.717, 1.165) is 11.3 Å². The maximum atomic E-state index is 11.9. The monoisotopic (exact) mass is 269 g/mol. The Bertz CT molecular complexity index is 727. The van der Waals surface area contributed by atoms with Crippen LogP contribution in [0.2, 0.25) is 0 Å². The highest BCUT2D eigenvalue weighted by Crippen LogP contribution is 2.32. The van der Waals surface area contributed by atoms with Crippen LogP contribution in [0.4, 0.5) is 5.69 Å². The number of carbonyl (C=O) groups excluding carboxylic acids is 2. The van der Waals surface area contributed by atoms with Crippen LogP contribution in [-0.2, 0) is 9.53 Å². The van der Waals surface area contributed by atoms with E-state index in [-0.39, 0.29) is 11.7 Å². The lowest BCUT2D eigenvalue weighted by atomic mass is 10.1. The van der Waals surface area contributed by atoms with Crippen molar-refractivity contribution in [3.05, 3.63) is 53.5 Å². The highest BCUT2D eigenvalue weighted by atomic mass is 16.5. The summed E-state index contributed by atoms with van der Waals surface area (Å²) in [5.41, 5.74) is 2.09. The summed E-state index contributed by atoms with van der Waals surface area (Å²) in [6.45, 7) is 0. The number of methoxy groups -OCH3 is 1. The number of rotatable bonds is 2. The average Bonchev–Trinajstić information content (AvgIpc) is 3.04. The first-order valence-electron chi connectivity index (χ1n) is 5.99. The summed E-state index contributed by atoms with van der Waals surface area (Å²) in [6, 6.07) is 10.5. The molecule has 0 aliphatic carbocycles. The molecule has 0 fully saturated rings. The first kappa shape index (κ1) is 12.2. The van der Waals surface area contributed by atoms with Crippen molar-refractivity contribution in [2.24, 2.45) is 0 Å². The van der Waals surface area contributed by atoms with Crippen molar-refractivity contribution in [3.63, 3.8) is 0 Å². The third-order valence-corrected chi connectivity index (χ3v) is 3.01. The molecule has 0 bridgehead atoms. The number of hydrogen-bond donors (Lipinski definition) is 1. The Morgan fingerprint density at radius 3 is 2.85 bits per heavy atom. The van der Waals surface area contributed by atoms with Crippen LogP contribution in [0.3, 0.4) is 0 Å². The molecule has 0 unspecified atom stereocenters. The number of carbonyl (C=O) groups is 2. The molecule has 1 aliphatic rings. The standard InChI is InChI=1S/C15H11NO4/c1-19-15(18)13-7-6-9(20-13)8-11-10-4-2-3-5-12(10)16-14(11)17/h2-8H,1H3,(H,16,17)/b11-8-. The van der Waals surface area contributed by atoms with Gasteiger partial charge in [-0.25, -0.2) is 4.79 Å². The van der Waals surface area contributed by atoms with Crippen molar-refractivity contribution in [1.29, 1.82) is 0 Å². The molecule has 3 rings (SSSR count). The molecule has 2 aromatic rings. The van der Waals surface area contributed by atoms with Crippen molar-refractivity contribution in [3.8, 4) is 0 Å². The third kappa shape index (κ3) is 1.99. The van der Waals surface area contributed by atoms with Crippen LogP contribution in [0.5, 0.6) is 0 Å². The van der Waals surface area contributed by atoms with Crippen molar-refractivity contribution in [1.82, 2.24) is 0 Å². The predicted octanol–water partition coefficient (Wildman–Crippen LogP) is 2.56. The minimum atomic E-state index is -0.550. The number of anilines is 1. The van der Waals surface area contributed by atoms with Crippen LogP contribution in [0.1, 0.15) is 21.9 Å². The summed E-state index contributed by atoms with van der Waals surface area (Å²) >= 11 is 0. The van der Waals surface area contributed by atoms with Gasteiger partial charge in [0.05, 0.1) is 12.7 Å². The number of amides is 1. The normalized spacial score (nSPS) is 15.1. The number of furan rings is 1. The van der Waals surface area contributed by atoms with E-state index in [1.54, 1.807) is 12.1 Å². The molecule has 5 nitrogen and oxygen atoms in total. The fraction of sp³-hybridized carbons (Fsp3) is 0.0667. The van der Waals surface area contributed by atoms with Crippen LogP contribution in [0.15, 0.2) is 40.8 Å². The number of esters is 1. The molecule has 0 saturated heterocycles. The molecule has 1 N–H and O–H groups in total. The molecule has 0 spiro atoms. The fourth-order valence-electron chi connectivity index (χ4n) is 2.07. The molecule has 0 radical (unpaired) electrons. The number of ether oxygens (including phenoxy) is 1. The lowest BCUT2D eigenvalue weighted by Crippen LogP contribution is -2.03. The molecule has 5 heteroatoms. The van der Waals surface area contributed by atoms with E-state index in [9.17, 15) is 9.59 Å². The van der Waals surface area contributed by atoms with Crippen LogP contribution in [0, 0.1) is 0 Å². The summed E-state index contributed by atoms with van der Waals surface area (Å²) in [6.07, 6.45) is 1.60. The summed E-state index contributed by atoms with van der Waals surface area (Å²) in [4.78, 5) is 23.2. The largest absolute Gasteiger partial charge is 0.463 e. The van der Waals surface area contributed by atoms with E-state index in [0.29, 0.717) is 11.3 Å². The quantitative estimate of drug-likeness (QED) is 0.672. The molecule has 1 aliphatic heterocycles. The molecule has 1 amide bonds. The Labute approximate surface area is 114 Å². The van der Waals surface area contributed by atoms with Gasteiger partial charge in [-0.2, -0.15) is 0 Å². The van der Waals surface area contributed by atoms with E-state index in [1.165, 1.54) is 13.2 Å². The highest BCUT2D eigenvalue weighted by Gasteiger charge is 2.24. The van der Waals surface area contributed by atoms with Crippen LogP contribution in [0.25, 0.3) is 11.6 Å². The molecule has 1 aromatic heterocycles. The Kier molecular flexibility index (Phi) is 2.87. The second-order valence-corrected chi connectivity index (χ2v) is 4.25. The number of fused-ring (bicyclic) bond motifs is 1. The van der Waals surface area contributed by atoms with E-state index >= 15 is 0 Å². The van der Waals surface area contributed by atoms with E-state index < -0.39 is 5.97 Å². The fourth-order valence-corrected chi connectivity index (χ4v) is 2.07. The van der Waals surface area contributed by atoms with Gasteiger partial charge in [-0.3, -0.25) is 4.79 Å². The number of benzene rings is 1. The Balaban J connectivity index is 1.98. The van der Waals surface area contributed by atoms with Crippen LogP contribution >= 0.6 is 0 Å². The smallest absolute Gasteiger partial charge is 0.373 e. The van der Waals surface area contributed by atoms with Gasteiger partial charge in [0.1, 0.15) is 5.76 Å². The molecule has 20 heavy (non-hydrogen) atoms. The van der Waals surface area contributed by atoms with Crippen molar-refractivity contribution < 1.29 is 18.7 Å². The lowest BCUT2D eigenvalue weighted by molar-refractivity contribution is -0.110. The summed E-state index contributed by atoms with van der Waals surface area (Å²) in [7, 11) is 1.28. The average molecular weight is 269 g/mol. The minimum Gasteiger partial charge on any atom is -0.463 e. The van der Waals surface area contributed by atoms with Crippen molar-refractivity contribution in [2.45, 2.75) is 0 Å². The molecule has 0 atom stereocenters. The summed E-state index contributed by atoms with van der Waals surface area (Å²) in [5, 5.41) is 2.77. The van der Waals surface area contributed by atoms with Gasteiger partial charge in [0.2, 0.25) is 5.76 Å². The first-order valence-corrected chi connectivity index (χ1v) is 5.99. The van der Waals surface area contributed by atoms with Crippen molar-refractivity contribution >= 4 is 29.2 Å². The zero-order valence-corrected chi connectivity index (χ0v) is 10.7. The van der Waals surface area contributed by atoms with Gasteiger partial charge in [-0.05, 0) is 24.3 Å². The second kappa shape index (κ2) is 4.70. The van der Waals surface area contributed by atoms with E-state index in [2.05, 4.69) is 10.1 Å². The summed E-state index contributed by atoms with van der Waals surface area (Å²) in [5.74, 6) is -0.216. The lowest BCUT2D eigenvalue weighted by Gasteiger charge is -1.96. The molecule has 1 aromatic carbocycles. The first-order chi connectivity index (χ1) is 9.69. The topological polar surface area (TPSA) is 68.5 Å². The predicted molar refractivity (Wildman–Crippen MR) is 73.0 cm³/mol. The van der Waals surface area contributed by atoms with Crippen LogP contribution in [-0.4, -0.2) is 19.0 Å². The Morgan fingerprint density at radius 2 is 2.05 bits per heavy atom. The molecule has 100 valence electrons.